The van der Waals surface area contributed by atoms with E-state index in [2.05, 4.69) is 15.8 Å². The molecule has 0 spiro atoms. The fourth-order valence-corrected chi connectivity index (χ4v) is 2.23. The molecule has 0 saturated heterocycles. The lowest BCUT2D eigenvalue weighted by molar-refractivity contribution is -0.137. The van der Waals surface area contributed by atoms with Gasteiger partial charge in [0.2, 0.25) is 0 Å². The first-order chi connectivity index (χ1) is 13.7. The standard InChI is InChI=1S/C19H18F3N3O4/c1-12-6-7-16(28-2)15(8-12)25-18(27)11-29-23-10-17(26)24-14-5-3-4-13(9-14)19(20,21)22/h3-10H,11H2,1-2H3,(H,24,26)(H,25,27)/b23-10+. The van der Waals surface area contributed by atoms with Gasteiger partial charge in [-0.2, -0.15) is 13.2 Å². The number of amides is 2. The van der Waals surface area contributed by atoms with Crippen LogP contribution in [0.5, 0.6) is 5.75 Å². The summed E-state index contributed by atoms with van der Waals surface area (Å²) in [4.78, 5) is 28.3. The second-order valence-electron chi connectivity index (χ2n) is 5.83. The van der Waals surface area contributed by atoms with Gasteiger partial charge in [0.1, 0.15) is 12.0 Å². The number of nitrogens with one attached hydrogen (secondary N) is 2. The third-order valence-electron chi connectivity index (χ3n) is 3.53. The highest BCUT2D eigenvalue weighted by atomic mass is 19.4. The molecule has 10 heteroatoms. The number of aryl methyl sites for hydroxylation is 1. The van der Waals surface area contributed by atoms with Crippen LogP contribution >= 0.6 is 0 Å². The Bertz CT molecular complexity index is 914. The molecule has 0 aliphatic heterocycles. The van der Waals surface area contributed by atoms with Crippen molar-refractivity contribution in [1.82, 2.24) is 0 Å². The number of anilines is 2. The lowest BCUT2D eigenvalue weighted by Gasteiger charge is -2.10. The van der Waals surface area contributed by atoms with Gasteiger partial charge in [-0.05, 0) is 42.8 Å². The van der Waals surface area contributed by atoms with Gasteiger partial charge in [-0.3, -0.25) is 9.59 Å². The van der Waals surface area contributed by atoms with Crippen LogP contribution in [0.3, 0.4) is 0 Å². The minimum atomic E-state index is -4.52. The Morgan fingerprint density at radius 3 is 2.59 bits per heavy atom. The smallest absolute Gasteiger partial charge is 0.416 e. The van der Waals surface area contributed by atoms with Gasteiger partial charge in [0.05, 0.1) is 18.4 Å². The first kappa shape index (κ1) is 21.7. The van der Waals surface area contributed by atoms with Crippen LogP contribution in [-0.2, 0) is 20.6 Å². The van der Waals surface area contributed by atoms with Crippen molar-refractivity contribution >= 4 is 29.4 Å². The Morgan fingerprint density at radius 1 is 1.14 bits per heavy atom. The zero-order chi connectivity index (χ0) is 21.4. The number of carbonyl (C=O) groups excluding carboxylic acids is 2. The molecule has 154 valence electrons. The number of carbonyl (C=O) groups is 2. The van der Waals surface area contributed by atoms with E-state index in [1.54, 1.807) is 12.1 Å². The normalized spacial score (nSPS) is 11.2. The Hall–Kier alpha value is -3.56. The first-order valence-electron chi connectivity index (χ1n) is 8.27. The largest absolute Gasteiger partial charge is 0.495 e. The van der Waals surface area contributed by atoms with Crippen LogP contribution < -0.4 is 15.4 Å². The monoisotopic (exact) mass is 409 g/mol. The molecule has 0 radical (unpaired) electrons. The highest BCUT2D eigenvalue weighted by Gasteiger charge is 2.30. The van der Waals surface area contributed by atoms with Gasteiger partial charge in [-0.15, -0.1) is 0 Å². The molecule has 29 heavy (non-hydrogen) atoms. The van der Waals surface area contributed by atoms with Crippen LogP contribution in [0, 0.1) is 6.92 Å². The van der Waals surface area contributed by atoms with Crippen molar-refractivity contribution in [3.8, 4) is 5.75 Å². The van der Waals surface area contributed by atoms with Gasteiger partial charge in [0.15, 0.2) is 6.61 Å². The molecule has 0 fully saturated rings. The number of rotatable bonds is 7. The lowest BCUT2D eigenvalue weighted by Crippen LogP contribution is -2.18. The summed E-state index contributed by atoms with van der Waals surface area (Å²) in [5.74, 6) is -0.887. The van der Waals surface area contributed by atoms with Crippen LogP contribution in [0.2, 0.25) is 0 Å². The second-order valence-corrected chi connectivity index (χ2v) is 5.83. The van der Waals surface area contributed by atoms with E-state index in [-0.39, 0.29) is 5.69 Å². The molecule has 0 bridgehead atoms. The van der Waals surface area contributed by atoms with Gasteiger partial charge >= 0.3 is 6.18 Å². The van der Waals surface area contributed by atoms with E-state index in [0.29, 0.717) is 17.7 Å². The molecular formula is C19H18F3N3O4. The molecule has 0 aliphatic rings. The molecule has 0 aliphatic carbocycles. The summed E-state index contributed by atoms with van der Waals surface area (Å²) < 4.78 is 43.1. The van der Waals surface area contributed by atoms with Crippen LogP contribution in [-0.4, -0.2) is 31.7 Å². The van der Waals surface area contributed by atoms with E-state index in [0.717, 1.165) is 23.8 Å². The molecule has 2 aromatic carbocycles. The van der Waals surface area contributed by atoms with Crippen molar-refractivity contribution < 1.29 is 32.3 Å². The third kappa shape index (κ3) is 6.83. The topological polar surface area (TPSA) is 89.0 Å². The summed E-state index contributed by atoms with van der Waals surface area (Å²) in [5, 5.41) is 8.13. The van der Waals surface area contributed by atoms with Crippen LogP contribution in [0.15, 0.2) is 47.6 Å². The third-order valence-corrected chi connectivity index (χ3v) is 3.53. The minimum absolute atomic E-state index is 0.0550. The van der Waals surface area contributed by atoms with E-state index < -0.39 is 30.2 Å². The second kappa shape index (κ2) is 9.58. The van der Waals surface area contributed by atoms with Crippen LogP contribution in [0.4, 0.5) is 24.5 Å². The maximum Gasteiger partial charge on any atom is 0.416 e. The number of methoxy groups -OCH3 is 1. The van der Waals surface area contributed by atoms with Crippen molar-refractivity contribution in [1.29, 1.82) is 0 Å². The number of ether oxygens (including phenoxy) is 1. The number of hydrogen-bond acceptors (Lipinski definition) is 5. The molecule has 2 amide bonds. The molecule has 2 N–H and O–H groups in total. The molecular weight excluding hydrogens is 391 g/mol. The molecule has 0 atom stereocenters. The maximum absolute atomic E-state index is 12.7. The van der Waals surface area contributed by atoms with E-state index in [1.165, 1.54) is 13.2 Å². The van der Waals surface area contributed by atoms with Gasteiger partial charge in [-0.25, -0.2) is 0 Å². The molecule has 2 aromatic rings. The quantitative estimate of drug-likeness (QED) is 0.540. The van der Waals surface area contributed by atoms with Gasteiger partial charge < -0.3 is 20.2 Å². The Labute approximate surface area is 164 Å². The van der Waals surface area contributed by atoms with E-state index >= 15 is 0 Å². The van der Waals surface area contributed by atoms with Crippen molar-refractivity contribution in [2.45, 2.75) is 13.1 Å². The van der Waals surface area contributed by atoms with E-state index in [1.807, 2.05) is 13.0 Å². The Kier molecular flexibility index (Phi) is 7.18. The lowest BCUT2D eigenvalue weighted by atomic mass is 10.2. The van der Waals surface area contributed by atoms with Crippen molar-refractivity contribution in [2.75, 3.05) is 24.4 Å². The zero-order valence-corrected chi connectivity index (χ0v) is 15.5. The van der Waals surface area contributed by atoms with Crippen molar-refractivity contribution in [2.24, 2.45) is 5.16 Å². The Morgan fingerprint density at radius 2 is 1.90 bits per heavy atom. The van der Waals surface area contributed by atoms with Gasteiger partial charge in [0.25, 0.3) is 11.8 Å². The average Bonchev–Trinajstić information content (AvgIpc) is 2.65. The van der Waals surface area contributed by atoms with Gasteiger partial charge in [0, 0.05) is 5.69 Å². The molecule has 0 saturated carbocycles. The average molecular weight is 409 g/mol. The zero-order valence-electron chi connectivity index (χ0n) is 15.5. The van der Waals surface area contributed by atoms with E-state index in [4.69, 9.17) is 9.57 Å². The predicted octanol–water partition coefficient (Wildman–Crippen LogP) is 3.60. The SMILES string of the molecule is COc1ccc(C)cc1NC(=O)CO/N=C/C(=O)Nc1cccc(C(F)(F)F)c1. The van der Waals surface area contributed by atoms with Crippen molar-refractivity contribution in [3.63, 3.8) is 0 Å². The fourth-order valence-electron chi connectivity index (χ4n) is 2.23. The summed E-state index contributed by atoms with van der Waals surface area (Å²) >= 11 is 0. The number of alkyl halides is 3. The first-order valence-corrected chi connectivity index (χ1v) is 8.27. The summed E-state index contributed by atoms with van der Waals surface area (Å²) in [6, 6.07) is 9.35. The van der Waals surface area contributed by atoms with Crippen LogP contribution in [0.1, 0.15) is 11.1 Å². The molecule has 7 nitrogen and oxygen atoms in total. The number of benzene rings is 2. The summed E-state index contributed by atoms with van der Waals surface area (Å²) in [6.07, 6.45) is -3.81. The highest BCUT2D eigenvalue weighted by molar-refractivity contribution is 6.31. The highest BCUT2D eigenvalue weighted by Crippen LogP contribution is 2.30. The van der Waals surface area contributed by atoms with Crippen molar-refractivity contribution in [3.05, 3.63) is 53.6 Å². The number of halogens is 3. The Balaban J connectivity index is 1.83. The maximum atomic E-state index is 12.7. The van der Waals surface area contributed by atoms with E-state index in [9.17, 15) is 22.8 Å². The van der Waals surface area contributed by atoms with Gasteiger partial charge in [-0.1, -0.05) is 17.3 Å². The number of oxime groups is 1. The summed E-state index contributed by atoms with van der Waals surface area (Å²) in [5.41, 5.74) is 0.408. The molecule has 2 rings (SSSR count). The molecule has 0 unspecified atom stereocenters. The fraction of sp³-hybridized carbons (Fsp3) is 0.211. The summed E-state index contributed by atoms with van der Waals surface area (Å²) in [7, 11) is 1.46. The molecule has 0 heterocycles. The van der Waals surface area contributed by atoms with Crippen LogP contribution in [0.25, 0.3) is 0 Å². The molecule has 0 aromatic heterocycles. The predicted molar refractivity (Wildman–Crippen MR) is 101 cm³/mol. The number of nitrogens with zero attached hydrogens (tertiary/aromatic N) is 1. The minimum Gasteiger partial charge on any atom is -0.495 e. The number of hydrogen-bond donors (Lipinski definition) is 2. The summed E-state index contributed by atoms with van der Waals surface area (Å²) in [6.45, 7) is 1.36.